The highest BCUT2D eigenvalue weighted by atomic mass is 19.3. The predicted octanol–water partition coefficient (Wildman–Crippen LogP) is 11.4. The van der Waals surface area contributed by atoms with E-state index < -0.39 is 46.9 Å². The van der Waals surface area contributed by atoms with Crippen molar-refractivity contribution in [2.75, 3.05) is 0 Å². The maximum absolute atomic E-state index is 15.3. The largest absolute Gasteiger partial charge is 0.432 e. The first-order valence-corrected chi connectivity index (χ1v) is 15.0. The number of hydrogen-bond donors (Lipinski definition) is 0. The number of rotatable bonds is 10. The Balaban J connectivity index is 1.23. The Bertz CT molecular complexity index is 1570. The van der Waals surface area contributed by atoms with Crippen LogP contribution in [0.25, 0.3) is 22.3 Å². The van der Waals surface area contributed by atoms with E-state index in [0.29, 0.717) is 23.3 Å². The summed E-state index contributed by atoms with van der Waals surface area (Å²) in [6, 6.07) is 18.1. The molecule has 0 unspecified atom stereocenters. The second-order valence-electron chi connectivity index (χ2n) is 11.5. The smallest absolute Gasteiger partial charge is 0.400 e. The summed E-state index contributed by atoms with van der Waals surface area (Å²) in [7, 11) is 0. The van der Waals surface area contributed by atoms with E-state index in [4.69, 9.17) is 0 Å². The second kappa shape index (κ2) is 13.4. The Labute approximate surface area is 252 Å². The summed E-state index contributed by atoms with van der Waals surface area (Å²) < 4.78 is 105. The molecule has 1 nitrogen and oxygen atoms in total. The molecule has 0 spiro atoms. The number of hydrogen-bond acceptors (Lipinski definition) is 1. The zero-order chi connectivity index (χ0) is 31.4. The molecule has 1 saturated carbocycles. The van der Waals surface area contributed by atoms with Gasteiger partial charge in [-0.2, -0.15) is 8.78 Å². The third-order valence-electron chi connectivity index (χ3n) is 8.49. The zero-order valence-corrected chi connectivity index (χ0v) is 24.3. The Morgan fingerprint density at radius 2 is 1.27 bits per heavy atom. The van der Waals surface area contributed by atoms with Gasteiger partial charge < -0.3 is 4.74 Å². The van der Waals surface area contributed by atoms with Crippen molar-refractivity contribution in [3.05, 3.63) is 113 Å². The van der Waals surface area contributed by atoms with Gasteiger partial charge in [0.15, 0.2) is 17.5 Å². The molecule has 4 aromatic carbocycles. The van der Waals surface area contributed by atoms with Crippen LogP contribution >= 0.6 is 0 Å². The molecule has 0 N–H and O–H groups in total. The molecule has 0 atom stereocenters. The number of benzene rings is 4. The Hall–Kier alpha value is -3.81. The van der Waals surface area contributed by atoms with Crippen LogP contribution in [0.1, 0.15) is 68.9 Å². The van der Waals surface area contributed by atoms with Crippen molar-refractivity contribution in [1.29, 1.82) is 0 Å². The van der Waals surface area contributed by atoms with Crippen LogP contribution in [0.4, 0.5) is 30.7 Å². The molecule has 1 aliphatic carbocycles. The Morgan fingerprint density at radius 3 is 1.89 bits per heavy atom. The van der Waals surface area contributed by atoms with E-state index >= 15 is 8.78 Å². The normalized spacial score (nSPS) is 17.1. The minimum atomic E-state index is -3.76. The summed E-state index contributed by atoms with van der Waals surface area (Å²) in [5, 5.41) is 0. The third kappa shape index (κ3) is 7.11. The number of halogens is 7. The van der Waals surface area contributed by atoms with Crippen LogP contribution in [0.15, 0.2) is 72.8 Å². The topological polar surface area (TPSA) is 9.23 Å². The van der Waals surface area contributed by atoms with Gasteiger partial charge in [-0.3, -0.25) is 0 Å². The maximum atomic E-state index is 15.3. The Morgan fingerprint density at radius 1 is 0.659 bits per heavy atom. The minimum Gasteiger partial charge on any atom is -0.432 e. The first-order chi connectivity index (χ1) is 21.1. The molecular weight excluding hydrogens is 581 g/mol. The molecule has 232 valence electrons. The van der Waals surface area contributed by atoms with Crippen LogP contribution in [-0.2, 0) is 6.42 Å². The summed E-state index contributed by atoms with van der Waals surface area (Å²) in [5.41, 5.74) is 3.83. The van der Waals surface area contributed by atoms with Crippen LogP contribution in [0, 0.1) is 35.0 Å². The van der Waals surface area contributed by atoms with Gasteiger partial charge in [0, 0.05) is 17.7 Å². The van der Waals surface area contributed by atoms with Gasteiger partial charge in [0.05, 0.1) is 5.92 Å². The molecule has 1 fully saturated rings. The van der Waals surface area contributed by atoms with Gasteiger partial charge in [0.1, 0.15) is 17.4 Å². The fourth-order valence-electron chi connectivity index (χ4n) is 5.97. The van der Waals surface area contributed by atoms with E-state index in [0.717, 1.165) is 30.4 Å². The van der Waals surface area contributed by atoms with E-state index in [-0.39, 0.29) is 37.2 Å². The summed E-state index contributed by atoms with van der Waals surface area (Å²) in [6.45, 7) is 2.16. The maximum Gasteiger partial charge on any atom is 0.400 e. The van der Waals surface area contributed by atoms with Crippen molar-refractivity contribution in [1.82, 2.24) is 0 Å². The van der Waals surface area contributed by atoms with Crippen LogP contribution in [0.5, 0.6) is 5.75 Å². The fourth-order valence-corrected chi connectivity index (χ4v) is 5.97. The second-order valence-corrected chi connectivity index (χ2v) is 11.5. The van der Waals surface area contributed by atoms with Crippen molar-refractivity contribution >= 4 is 0 Å². The first kappa shape index (κ1) is 31.6. The minimum absolute atomic E-state index is 0.0270. The molecule has 4 aromatic rings. The molecule has 0 amide bonds. The van der Waals surface area contributed by atoms with Gasteiger partial charge in [-0.1, -0.05) is 68.3 Å². The van der Waals surface area contributed by atoms with Crippen molar-refractivity contribution in [3.8, 4) is 28.0 Å². The van der Waals surface area contributed by atoms with E-state index in [1.54, 1.807) is 24.3 Å². The molecular formula is C36H33F7O. The van der Waals surface area contributed by atoms with E-state index in [2.05, 4.69) is 23.8 Å². The van der Waals surface area contributed by atoms with Gasteiger partial charge in [-0.05, 0) is 84.4 Å². The molecule has 0 heterocycles. The van der Waals surface area contributed by atoms with Gasteiger partial charge in [0.25, 0.3) is 0 Å². The standard InChI is InChI=1S/C36H33F7O/c1-2-3-4-5-22-6-8-23(9-7-22)25-12-16-30(31(37)18-25)26-13-17-29(32(38)19-26)24-10-14-27(15-11-24)36(42,43)44-28-20-33(39)35(41)34(40)21-28/h6-9,12-13,16-21,24,27H,2-5,10-11,14-15H2,1H3. The lowest BCUT2D eigenvalue weighted by atomic mass is 9.77. The zero-order valence-electron chi connectivity index (χ0n) is 24.3. The van der Waals surface area contributed by atoms with E-state index in [1.807, 2.05) is 12.1 Å². The molecule has 1 aliphatic rings. The average molecular weight is 615 g/mol. The van der Waals surface area contributed by atoms with Crippen molar-refractivity contribution < 1.29 is 35.5 Å². The molecule has 0 aliphatic heterocycles. The molecule has 0 bridgehead atoms. The number of unbranched alkanes of at least 4 members (excludes halogenated alkanes) is 2. The van der Waals surface area contributed by atoms with Crippen LogP contribution in [0.3, 0.4) is 0 Å². The highest BCUT2D eigenvalue weighted by molar-refractivity contribution is 5.71. The number of aryl methyl sites for hydroxylation is 1. The lowest BCUT2D eigenvalue weighted by molar-refractivity contribution is -0.222. The van der Waals surface area contributed by atoms with E-state index in [9.17, 15) is 22.0 Å². The monoisotopic (exact) mass is 614 g/mol. The lowest BCUT2D eigenvalue weighted by Crippen LogP contribution is -2.37. The highest BCUT2D eigenvalue weighted by Gasteiger charge is 2.44. The SMILES string of the molecule is CCCCCc1ccc(-c2ccc(-c3ccc(C4CCC(C(F)(F)Oc5cc(F)c(F)c(F)c5)CC4)c(F)c3)c(F)c2)cc1. The summed E-state index contributed by atoms with van der Waals surface area (Å²) in [6.07, 6.45) is 1.12. The molecule has 8 heteroatoms. The summed E-state index contributed by atoms with van der Waals surface area (Å²) in [4.78, 5) is 0. The molecule has 0 saturated heterocycles. The Kier molecular flexibility index (Phi) is 9.66. The van der Waals surface area contributed by atoms with Gasteiger partial charge in [-0.15, -0.1) is 0 Å². The van der Waals surface area contributed by atoms with Crippen LogP contribution in [-0.4, -0.2) is 6.11 Å². The van der Waals surface area contributed by atoms with Gasteiger partial charge in [-0.25, -0.2) is 22.0 Å². The number of ether oxygens (including phenoxy) is 1. The van der Waals surface area contributed by atoms with Crippen LogP contribution < -0.4 is 4.74 Å². The van der Waals surface area contributed by atoms with Gasteiger partial charge in [0.2, 0.25) is 0 Å². The highest BCUT2D eigenvalue weighted by Crippen LogP contribution is 2.44. The van der Waals surface area contributed by atoms with Crippen molar-refractivity contribution in [2.24, 2.45) is 5.92 Å². The van der Waals surface area contributed by atoms with E-state index in [1.165, 1.54) is 24.1 Å². The first-order valence-electron chi connectivity index (χ1n) is 15.0. The van der Waals surface area contributed by atoms with Crippen molar-refractivity contribution in [3.63, 3.8) is 0 Å². The lowest BCUT2D eigenvalue weighted by Gasteiger charge is -2.33. The summed E-state index contributed by atoms with van der Waals surface area (Å²) in [5.74, 6) is -8.48. The van der Waals surface area contributed by atoms with Crippen LogP contribution in [0.2, 0.25) is 0 Å². The quantitative estimate of drug-likeness (QED) is 0.0981. The molecule has 0 radical (unpaired) electrons. The third-order valence-corrected chi connectivity index (χ3v) is 8.49. The fraction of sp³-hybridized carbons (Fsp3) is 0.333. The average Bonchev–Trinajstić information content (AvgIpc) is 3.00. The predicted molar refractivity (Wildman–Crippen MR) is 157 cm³/mol. The molecule has 5 rings (SSSR count). The number of alkyl halides is 2. The molecule has 44 heavy (non-hydrogen) atoms. The summed E-state index contributed by atoms with van der Waals surface area (Å²) >= 11 is 0. The molecule has 0 aromatic heterocycles. The van der Waals surface area contributed by atoms with Crippen molar-refractivity contribution in [2.45, 2.75) is 70.3 Å². The van der Waals surface area contributed by atoms with Gasteiger partial charge >= 0.3 is 6.11 Å².